The first kappa shape index (κ1) is 18.6. The molecule has 2 aromatic heterocycles. The van der Waals surface area contributed by atoms with E-state index in [-0.39, 0.29) is 6.04 Å². The van der Waals surface area contributed by atoms with Gasteiger partial charge in [0.15, 0.2) is 11.6 Å². The Kier molecular flexibility index (Phi) is 5.28. The molecule has 1 aliphatic heterocycles. The molecule has 1 atom stereocenters. The molecule has 3 heterocycles. The van der Waals surface area contributed by atoms with E-state index in [9.17, 15) is 0 Å². The summed E-state index contributed by atoms with van der Waals surface area (Å²) >= 11 is 0. The van der Waals surface area contributed by atoms with Gasteiger partial charge in [0.05, 0.1) is 19.3 Å². The van der Waals surface area contributed by atoms with E-state index in [1.54, 1.807) is 4.68 Å². The van der Waals surface area contributed by atoms with Crippen molar-refractivity contribution in [1.82, 2.24) is 40.3 Å². The second-order valence-corrected chi connectivity index (χ2v) is 7.13. The Labute approximate surface area is 173 Å². The molecule has 1 fully saturated rings. The van der Waals surface area contributed by atoms with E-state index in [2.05, 4.69) is 47.7 Å². The average molecular weight is 402 g/mol. The summed E-state index contributed by atoms with van der Waals surface area (Å²) in [6.45, 7) is 3.47. The Bertz CT molecular complexity index is 1070. The van der Waals surface area contributed by atoms with Crippen LogP contribution in [0.4, 0.5) is 0 Å². The zero-order valence-corrected chi connectivity index (χ0v) is 16.4. The molecule has 1 aliphatic rings. The molecule has 30 heavy (non-hydrogen) atoms. The Morgan fingerprint density at radius 3 is 2.47 bits per heavy atom. The van der Waals surface area contributed by atoms with Gasteiger partial charge in [-0.2, -0.15) is 5.10 Å². The highest BCUT2D eigenvalue weighted by Gasteiger charge is 2.29. The van der Waals surface area contributed by atoms with E-state index < -0.39 is 0 Å². The summed E-state index contributed by atoms with van der Waals surface area (Å²) in [5.74, 6) is 2.14. The van der Waals surface area contributed by atoms with Gasteiger partial charge in [-0.3, -0.25) is 10.00 Å². The van der Waals surface area contributed by atoms with E-state index in [0.717, 1.165) is 30.0 Å². The van der Waals surface area contributed by atoms with Crippen LogP contribution in [-0.2, 0) is 11.3 Å². The summed E-state index contributed by atoms with van der Waals surface area (Å²) in [5, 5.41) is 20.0. The van der Waals surface area contributed by atoms with Crippen LogP contribution >= 0.6 is 0 Å². The molecule has 152 valence electrons. The third kappa shape index (κ3) is 3.85. The number of tetrazole rings is 1. The number of ether oxygens (including phenoxy) is 1. The molecule has 0 saturated carbocycles. The molecule has 0 amide bonds. The fourth-order valence-electron chi connectivity index (χ4n) is 3.74. The lowest BCUT2D eigenvalue weighted by molar-refractivity contribution is 0.0216. The van der Waals surface area contributed by atoms with Crippen molar-refractivity contribution in [2.75, 3.05) is 26.3 Å². The largest absolute Gasteiger partial charge is 0.379 e. The second-order valence-electron chi connectivity index (χ2n) is 7.13. The number of morpholine rings is 1. The van der Waals surface area contributed by atoms with Gasteiger partial charge < -0.3 is 4.74 Å². The number of benzene rings is 2. The molecule has 0 unspecified atom stereocenters. The number of nitrogens with one attached hydrogen (secondary N) is 1. The van der Waals surface area contributed by atoms with E-state index in [1.807, 2.05) is 48.5 Å². The molecule has 9 nitrogen and oxygen atoms in total. The van der Waals surface area contributed by atoms with Crippen LogP contribution < -0.4 is 0 Å². The monoisotopic (exact) mass is 402 g/mol. The van der Waals surface area contributed by atoms with Crippen LogP contribution in [0.25, 0.3) is 11.4 Å². The minimum absolute atomic E-state index is 0.0541. The minimum Gasteiger partial charge on any atom is -0.379 e. The molecule has 0 spiro atoms. The fourth-order valence-corrected chi connectivity index (χ4v) is 3.74. The van der Waals surface area contributed by atoms with Gasteiger partial charge in [-0.25, -0.2) is 9.67 Å². The summed E-state index contributed by atoms with van der Waals surface area (Å²) in [5.41, 5.74) is 2.12. The maximum Gasteiger partial charge on any atom is 0.181 e. The lowest BCUT2D eigenvalue weighted by Crippen LogP contribution is -2.40. The van der Waals surface area contributed by atoms with Gasteiger partial charge in [0, 0.05) is 18.7 Å². The van der Waals surface area contributed by atoms with Crippen molar-refractivity contribution in [2.45, 2.75) is 12.6 Å². The van der Waals surface area contributed by atoms with Crippen molar-refractivity contribution in [3.05, 3.63) is 77.9 Å². The standard InChI is InChI=1S/C21H22N8O/c1-3-7-16(8-4-1)19(28-11-13-30-14-12-28)21-25-26-27-29(21)15-18-22-20(24-23-18)17-9-5-2-6-10-17/h1-10,19H,11-15H2,(H,22,23,24)/t19-/m0/s1. The molecular weight excluding hydrogens is 380 g/mol. The van der Waals surface area contributed by atoms with Gasteiger partial charge >= 0.3 is 0 Å². The Hall–Kier alpha value is -3.43. The zero-order chi connectivity index (χ0) is 20.2. The molecule has 1 saturated heterocycles. The molecule has 5 rings (SSSR count). The summed E-state index contributed by atoms with van der Waals surface area (Å²) in [7, 11) is 0. The highest BCUT2D eigenvalue weighted by molar-refractivity contribution is 5.53. The van der Waals surface area contributed by atoms with Crippen LogP contribution in [0.2, 0.25) is 0 Å². The van der Waals surface area contributed by atoms with Gasteiger partial charge in [-0.05, 0) is 16.0 Å². The average Bonchev–Trinajstić information content (AvgIpc) is 3.47. The van der Waals surface area contributed by atoms with Gasteiger partial charge in [-0.1, -0.05) is 60.7 Å². The quantitative estimate of drug-likeness (QED) is 0.526. The van der Waals surface area contributed by atoms with Crippen LogP contribution in [0.3, 0.4) is 0 Å². The number of aromatic nitrogens is 7. The molecule has 0 aliphatic carbocycles. The van der Waals surface area contributed by atoms with E-state index in [1.165, 1.54) is 0 Å². The molecular formula is C21H22N8O. The minimum atomic E-state index is -0.0541. The van der Waals surface area contributed by atoms with Crippen molar-refractivity contribution >= 4 is 0 Å². The van der Waals surface area contributed by atoms with Crippen LogP contribution in [0.1, 0.15) is 23.3 Å². The van der Waals surface area contributed by atoms with Gasteiger partial charge in [0.2, 0.25) is 0 Å². The maximum atomic E-state index is 5.55. The maximum absolute atomic E-state index is 5.55. The molecule has 0 radical (unpaired) electrons. The van der Waals surface area contributed by atoms with Crippen LogP contribution in [0, 0.1) is 0 Å². The van der Waals surface area contributed by atoms with Crippen molar-refractivity contribution in [3.63, 3.8) is 0 Å². The first-order chi connectivity index (χ1) is 14.9. The summed E-state index contributed by atoms with van der Waals surface area (Å²) in [6.07, 6.45) is 0. The number of H-pyrrole nitrogens is 1. The molecule has 0 bridgehead atoms. The number of aromatic amines is 1. The van der Waals surface area contributed by atoms with Crippen LogP contribution in [0.5, 0.6) is 0 Å². The summed E-state index contributed by atoms with van der Waals surface area (Å²) in [4.78, 5) is 6.98. The van der Waals surface area contributed by atoms with E-state index in [4.69, 9.17) is 4.74 Å². The van der Waals surface area contributed by atoms with E-state index >= 15 is 0 Å². The highest BCUT2D eigenvalue weighted by atomic mass is 16.5. The third-order valence-electron chi connectivity index (χ3n) is 5.19. The first-order valence-electron chi connectivity index (χ1n) is 9.98. The topological polar surface area (TPSA) is 97.6 Å². The number of hydrogen-bond donors (Lipinski definition) is 1. The van der Waals surface area contributed by atoms with Gasteiger partial charge in [0.1, 0.15) is 12.4 Å². The van der Waals surface area contributed by atoms with Crippen LogP contribution in [-0.4, -0.2) is 66.6 Å². The SMILES string of the molecule is c1ccc(-c2n[nH]c(Cn3nnnc3[C@H](c3ccccc3)N3CCOCC3)n2)cc1. The molecule has 1 N–H and O–H groups in total. The molecule has 9 heteroatoms. The van der Waals surface area contributed by atoms with Crippen molar-refractivity contribution in [1.29, 1.82) is 0 Å². The van der Waals surface area contributed by atoms with Crippen molar-refractivity contribution < 1.29 is 4.74 Å². The van der Waals surface area contributed by atoms with Crippen molar-refractivity contribution in [3.8, 4) is 11.4 Å². The lowest BCUT2D eigenvalue weighted by Gasteiger charge is -2.33. The smallest absolute Gasteiger partial charge is 0.181 e. The molecule has 4 aromatic rings. The lowest BCUT2D eigenvalue weighted by atomic mass is 10.0. The van der Waals surface area contributed by atoms with Crippen LogP contribution in [0.15, 0.2) is 60.7 Å². The van der Waals surface area contributed by atoms with Gasteiger partial charge in [0.25, 0.3) is 0 Å². The predicted octanol–water partition coefficient (Wildman–Crippen LogP) is 1.93. The molecule has 2 aromatic carbocycles. The predicted molar refractivity (Wildman–Crippen MR) is 109 cm³/mol. The van der Waals surface area contributed by atoms with Gasteiger partial charge in [-0.15, -0.1) is 5.10 Å². The van der Waals surface area contributed by atoms with E-state index in [0.29, 0.717) is 31.4 Å². The first-order valence-corrected chi connectivity index (χ1v) is 9.98. The number of hydrogen-bond acceptors (Lipinski definition) is 7. The highest BCUT2D eigenvalue weighted by Crippen LogP contribution is 2.27. The zero-order valence-electron chi connectivity index (χ0n) is 16.4. The summed E-state index contributed by atoms with van der Waals surface area (Å²) < 4.78 is 7.34. The Balaban J connectivity index is 1.44. The van der Waals surface area contributed by atoms with Crippen molar-refractivity contribution in [2.24, 2.45) is 0 Å². The third-order valence-corrected chi connectivity index (χ3v) is 5.19. The fraction of sp³-hybridized carbons (Fsp3) is 0.286. The Morgan fingerprint density at radius 2 is 1.70 bits per heavy atom. The number of rotatable bonds is 6. The summed E-state index contributed by atoms with van der Waals surface area (Å²) in [6, 6.07) is 20.2. The normalized spacial score (nSPS) is 15.9. The Morgan fingerprint density at radius 1 is 0.967 bits per heavy atom. The number of nitrogens with zero attached hydrogens (tertiary/aromatic N) is 7. The second kappa shape index (κ2) is 8.52.